The van der Waals surface area contributed by atoms with E-state index in [4.69, 9.17) is 9.47 Å². The van der Waals surface area contributed by atoms with Crippen molar-refractivity contribution in [1.82, 2.24) is 10.3 Å². The van der Waals surface area contributed by atoms with Crippen molar-refractivity contribution in [2.24, 2.45) is 11.0 Å². The number of Topliss-reactive ketones (excluding diaryl/α,β-unsaturated/α-hetero) is 1. The zero-order valence-electron chi connectivity index (χ0n) is 17.0. The van der Waals surface area contributed by atoms with E-state index >= 15 is 0 Å². The number of hydrogen-bond acceptors (Lipinski definition) is 7. The molecule has 1 fully saturated rings. The van der Waals surface area contributed by atoms with E-state index < -0.39 is 18.1 Å². The predicted octanol–water partition coefficient (Wildman–Crippen LogP) is 2.79. The lowest BCUT2D eigenvalue weighted by Crippen LogP contribution is -2.59. The number of methoxy groups -OCH3 is 1. The summed E-state index contributed by atoms with van der Waals surface area (Å²) < 4.78 is 10.5. The number of nitrogens with zero attached hydrogens (tertiary/aromatic N) is 2. The van der Waals surface area contributed by atoms with Gasteiger partial charge in [-0.1, -0.05) is 42.5 Å². The Kier molecular flexibility index (Phi) is 5.81. The monoisotopic (exact) mass is 407 g/mol. The first-order valence-corrected chi connectivity index (χ1v) is 10.1. The van der Waals surface area contributed by atoms with Gasteiger partial charge >= 0.3 is 5.97 Å². The third-order valence-corrected chi connectivity index (χ3v) is 5.57. The van der Waals surface area contributed by atoms with Gasteiger partial charge in [0.2, 0.25) is 0 Å². The molecule has 0 aromatic heterocycles. The first-order chi connectivity index (χ1) is 14.6. The SMILES string of the molecule is CCOC(=O)C1C=NN2C(c3ccc(OC)cc3)CC(C(=O)c3ccccc3)NC12. The number of carbonyl (C=O) groups is 2. The summed E-state index contributed by atoms with van der Waals surface area (Å²) in [6, 6.07) is 16.3. The van der Waals surface area contributed by atoms with Crippen LogP contribution in [-0.2, 0) is 9.53 Å². The van der Waals surface area contributed by atoms with Crippen LogP contribution in [0.3, 0.4) is 0 Å². The molecule has 4 unspecified atom stereocenters. The van der Waals surface area contributed by atoms with E-state index in [0.29, 0.717) is 18.6 Å². The number of hydrazone groups is 1. The first-order valence-electron chi connectivity index (χ1n) is 10.1. The number of carbonyl (C=O) groups excluding carboxylic acids is 2. The van der Waals surface area contributed by atoms with Crippen molar-refractivity contribution in [2.75, 3.05) is 13.7 Å². The standard InChI is InChI=1S/C23H25N3O4/c1-3-30-23(28)18-14-24-26-20(15-9-11-17(29-2)12-10-15)13-19(25-22(18)26)21(27)16-7-5-4-6-8-16/h4-12,14,18-20,22,25H,3,13H2,1-2H3. The average Bonchev–Trinajstić information content (AvgIpc) is 3.23. The quantitative estimate of drug-likeness (QED) is 0.586. The molecule has 4 rings (SSSR count). The second kappa shape index (κ2) is 8.67. The van der Waals surface area contributed by atoms with Crippen LogP contribution in [0.2, 0.25) is 0 Å². The second-order valence-corrected chi connectivity index (χ2v) is 7.34. The Bertz CT molecular complexity index is 929. The number of ketones is 1. The molecule has 30 heavy (non-hydrogen) atoms. The molecular formula is C23H25N3O4. The molecule has 7 nitrogen and oxygen atoms in total. The zero-order valence-corrected chi connectivity index (χ0v) is 17.0. The molecule has 4 atom stereocenters. The highest BCUT2D eigenvalue weighted by Gasteiger charge is 2.47. The summed E-state index contributed by atoms with van der Waals surface area (Å²) in [6.07, 6.45) is 1.70. The van der Waals surface area contributed by atoms with Crippen molar-refractivity contribution in [3.05, 3.63) is 65.7 Å². The van der Waals surface area contributed by atoms with Gasteiger partial charge in [0, 0.05) is 11.8 Å². The van der Waals surface area contributed by atoms with Crippen LogP contribution in [0, 0.1) is 5.92 Å². The smallest absolute Gasteiger partial charge is 0.318 e. The Balaban J connectivity index is 1.65. The molecule has 0 amide bonds. The first kappa shape index (κ1) is 20.1. The third kappa shape index (κ3) is 3.80. The molecule has 2 heterocycles. The van der Waals surface area contributed by atoms with Gasteiger partial charge in [0.25, 0.3) is 0 Å². The molecule has 2 aliphatic rings. The fraction of sp³-hybridized carbons (Fsp3) is 0.348. The fourth-order valence-electron chi connectivity index (χ4n) is 4.06. The normalized spacial score (nSPS) is 24.9. The topological polar surface area (TPSA) is 80.2 Å². The van der Waals surface area contributed by atoms with E-state index in [2.05, 4.69) is 10.4 Å². The van der Waals surface area contributed by atoms with Crippen molar-refractivity contribution < 1.29 is 19.1 Å². The van der Waals surface area contributed by atoms with Gasteiger partial charge in [-0.25, -0.2) is 0 Å². The van der Waals surface area contributed by atoms with E-state index in [1.165, 1.54) is 0 Å². The van der Waals surface area contributed by atoms with Crippen LogP contribution >= 0.6 is 0 Å². The van der Waals surface area contributed by atoms with Gasteiger partial charge in [-0.15, -0.1) is 0 Å². The average molecular weight is 407 g/mol. The van der Waals surface area contributed by atoms with Crippen molar-refractivity contribution in [1.29, 1.82) is 0 Å². The van der Waals surface area contributed by atoms with E-state index in [9.17, 15) is 9.59 Å². The number of rotatable bonds is 6. The molecule has 2 aromatic carbocycles. The summed E-state index contributed by atoms with van der Waals surface area (Å²) in [6.45, 7) is 2.07. The van der Waals surface area contributed by atoms with Crippen LogP contribution in [0.4, 0.5) is 0 Å². The summed E-state index contributed by atoms with van der Waals surface area (Å²) in [5.41, 5.74) is 1.65. The van der Waals surface area contributed by atoms with Gasteiger partial charge < -0.3 is 9.47 Å². The lowest BCUT2D eigenvalue weighted by molar-refractivity contribution is -0.148. The Morgan fingerprint density at radius 2 is 1.87 bits per heavy atom. The Morgan fingerprint density at radius 3 is 2.53 bits per heavy atom. The van der Waals surface area contributed by atoms with Crippen LogP contribution in [0.25, 0.3) is 0 Å². The number of ether oxygens (including phenoxy) is 2. The highest BCUT2D eigenvalue weighted by molar-refractivity contribution is 6.00. The molecule has 0 spiro atoms. The minimum absolute atomic E-state index is 0.00303. The molecule has 0 bridgehead atoms. The zero-order chi connectivity index (χ0) is 21.1. The summed E-state index contributed by atoms with van der Waals surface area (Å²) in [5, 5.41) is 9.74. The van der Waals surface area contributed by atoms with Crippen LogP contribution < -0.4 is 10.1 Å². The van der Waals surface area contributed by atoms with Gasteiger partial charge in [0.15, 0.2) is 5.78 Å². The van der Waals surface area contributed by atoms with Crippen molar-refractivity contribution >= 4 is 18.0 Å². The third-order valence-electron chi connectivity index (χ3n) is 5.57. The van der Waals surface area contributed by atoms with Crippen LogP contribution in [0.5, 0.6) is 5.75 Å². The van der Waals surface area contributed by atoms with Crippen LogP contribution in [-0.4, -0.2) is 48.9 Å². The van der Waals surface area contributed by atoms with Gasteiger partial charge in [0.1, 0.15) is 17.8 Å². The van der Waals surface area contributed by atoms with Crippen molar-refractivity contribution in [3.63, 3.8) is 0 Å². The van der Waals surface area contributed by atoms with Gasteiger partial charge in [-0.05, 0) is 31.0 Å². The van der Waals surface area contributed by atoms with Crippen molar-refractivity contribution in [3.8, 4) is 5.75 Å². The van der Waals surface area contributed by atoms with Crippen LogP contribution in [0.15, 0.2) is 59.7 Å². The Morgan fingerprint density at radius 1 is 1.13 bits per heavy atom. The molecule has 0 radical (unpaired) electrons. The summed E-state index contributed by atoms with van der Waals surface area (Å²) in [5.74, 6) is -0.154. The van der Waals surface area contributed by atoms with E-state index in [1.54, 1.807) is 20.2 Å². The molecule has 7 heteroatoms. The fourth-order valence-corrected chi connectivity index (χ4v) is 4.06. The molecule has 1 saturated heterocycles. The lowest BCUT2D eigenvalue weighted by atomic mass is 9.89. The number of hydrogen-bond donors (Lipinski definition) is 1. The summed E-state index contributed by atoms with van der Waals surface area (Å²) in [4.78, 5) is 25.7. The van der Waals surface area contributed by atoms with Gasteiger partial charge in [-0.3, -0.25) is 19.9 Å². The second-order valence-electron chi connectivity index (χ2n) is 7.34. The van der Waals surface area contributed by atoms with E-state index in [1.807, 2.05) is 59.6 Å². The molecule has 2 aromatic rings. The molecular weight excluding hydrogens is 382 g/mol. The molecule has 1 N–H and O–H groups in total. The minimum atomic E-state index is -0.572. The minimum Gasteiger partial charge on any atom is -0.497 e. The largest absolute Gasteiger partial charge is 0.497 e. The molecule has 0 saturated carbocycles. The Labute approximate surface area is 175 Å². The highest BCUT2D eigenvalue weighted by Crippen LogP contribution is 2.37. The van der Waals surface area contributed by atoms with Gasteiger partial charge in [0.05, 0.1) is 25.8 Å². The summed E-state index contributed by atoms with van der Waals surface area (Å²) in [7, 11) is 1.62. The number of fused-ring (bicyclic) bond motifs is 1. The molecule has 0 aliphatic carbocycles. The summed E-state index contributed by atoms with van der Waals surface area (Å²) >= 11 is 0. The van der Waals surface area contributed by atoms with E-state index in [0.717, 1.165) is 11.3 Å². The number of benzene rings is 2. The Hall–Kier alpha value is -3.19. The van der Waals surface area contributed by atoms with Crippen LogP contribution in [0.1, 0.15) is 35.3 Å². The highest BCUT2D eigenvalue weighted by atomic mass is 16.5. The maximum absolute atomic E-state index is 13.2. The van der Waals surface area contributed by atoms with Gasteiger partial charge in [-0.2, -0.15) is 5.10 Å². The lowest BCUT2D eigenvalue weighted by Gasteiger charge is -2.42. The maximum Gasteiger partial charge on any atom is 0.318 e. The molecule has 156 valence electrons. The van der Waals surface area contributed by atoms with E-state index in [-0.39, 0.29) is 17.8 Å². The van der Waals surface area contributed by atoms with Crippen molar-refractivity contribution in [2.45, 2.75) is 31.6 Å². The number of nitrogens with one attached hydrogen (secondary N) is 1. The number of esters is 1. The predicted molar refractivity (Wildman–Crippen MR) is 112 cm³/mol. The maximum atomic E-state index is 13.2. The molecule has 2 aliphatic heterocycles.